The van der Waals surface area contributed by atoms with Gasteiger partial charge in [0.2, 0.25) is 0 Å². The molecule has 0 aliphatic heterocycles. The molecule has 0 aromatic carbocycles. The summed E-state index contributed by atoms with van der Waals surface area (Å²) >= 11 is 6.13. The fourth-order valence-electron chi connectivity index (χ4n) is 2.04. The number of amides is 1. The Hall–Kier alpha value is -1.49. The lowest BCUT2D eigenvalue weighted by Crippen LogP contribution is -2.38. The number of halogens is 1. The van der Waals surface area contributed by atoms with E-state index in [1.165, 1.54) is 0 Å². The van der Waals surface area contributed by atoms with Crippen LogP contribution in [0.5, 0.6) is 0 Å². The number of alkyl carbamates (subject to hydrolysis) is 1. The molecule has 5 nitrogen and oxygen atoms in total. The lowest BCUT2D eigenvalue weighted by Gasteiger charge is -2.25. The summed E-state index contributed by atoms with van der Waals surface area (Å²) in [6, 6.07) is 1.91. The van der Waals surface area contributed by atoms with E-state index in [2.05, 4.69) is 29.5 Å². The zero-order valence-corrected chi connectivity index (χ0v) is 15.6. The van der Waals surface area contributed by atoms with Crippen molar-refractivity contribution in [3.63, 3.8) is 0 Å². The molecule has 0 fully saturated rings. The highest BCUT2D eigenvalue weighted by Gasteiger charge is 2.19. The zero-order valence-electron chi connectivity index (χ0n) is 14.9. The minimum atomic E-state index is -0.490. The molecule has 0 spiro atoms. The van der Waals surface area contributed by atoms with E-state index in [4.69, 9.17) is 16.3 Å². The Morgan fingerprint density at radius 1 is 1.35 bits per heavy atom. The van der Waals surface area contributed by atoms with Gasteiger partial charge in [0.05, 0.1) is 5.69 Å². The Balaban J connectivity index is 2.58. The molecule has 0 aliphatic rings. The summed E-state index contributed by atoms with van der Waals surface area (Å²) in [5, 5.41) is 6.65. The van der Waals surface area contributed by atoms with Crippen LogP contribution in [0.4, 0.5) is 10.5 Å². The maximum Gasteiger partial charge on any atom is 0.407 e. The summed E-state index contributed by atoms with van der Waals surface area (Å²) in [7, 11) is 0. The normalized spacial score (nSPS) is 12.9. The molecule has 2 N–H and O–H groups in total. The molecule has 1 unspecified atom stereocenters. The summed E-state index contributed by atoms with van der Waals surface area (Å²) in [6.45, 7) is 13.0. The van der Waals surface area contributed by atoms with E-state index in [-0.39, 0.29) is 5.92 Å². The summed E-state index contributed by atoms with van der Waals surface area (Å²) < 4.78 is 5.27. The Labute approximate surface area is 144 Å². The quantitative estimate of drug-likeness (QED) is 0.759. The first-order valence-corrected chi connectivity index (χ1v) is 8.29. The first kappa shape index (κ1) is 19.6. The SMILES string of the molecule is Cc1ccnc(Cl)c1NCC(CNC(=O)OC(C)(C)C)C(C)C. The lowest BCUT2D eigenvalue weighted by atomic mass is 9.95. The van der Waals surface area contributed by atoms with Crippen LogP contribution >= 0.6 is 11.6 Å². The van der Waals surface area contributed by atoms with E-state index in [0.29, 0.717) is 24.2 Å². The number of nitrogens with one attached hydrogen (secondary N) is 2. The zero-order chi connectivity index (χ0) is 17.6. The number of carbonyl (C=O) groups is 1. The Morgan fingerprint density at radius 3 is 2.52 bits per heavy atom. The minimum absolute atomic E-state index is 0.248. The highest BCUT2D eigenvalue weighted by Crippen LogP contribution is 2.23. The number of aromatic nitrogens is 1. The molecule has 23 heavy (non-hydrogen) atoms. The maximum atomic E-state index is 11.8. The smallest absolute Gasteiger partial charge is 0.407 e. The van der Waals surface area contributed by atoms with Crippen LogP contribution in [0.3, 0.4) is 0 Å². The molecular weight excluding hydrogens is 314 g/mol. The molecular formula is C17H28ClN3O2. The van der Waals surface area contributed by atoms with Gasteiger partial charge in [0.1, 0.15) is 5.60 Å². The Bertz CT molecular complexity index is 507. The molecule has 1 rings (SSSR count). The number of anilines is 1. The van der Waals surface area contributed by atoms with Gasteiger partial charge in [-0.1, -0.05) is 25.4 Å². The van der Waals surface area contributed by atoms with Crippen LogP contribution in [0.25, 0.3) is 0 Å². The van der Waals surface area contributed by atoms with Crippen molar-refractivity contribution in [2.24, 2.45) is 11.8 Å². The second-order valence-electron chi connectivity index (χ2n) is 7.06. The molecule has 0 bridgehead atoms. The molecule has 6 heteroatoms. The largest absolute Gasteiger partial charge is 0.444 e. The minimum Gasteiger partial charge on any atom is -0.444 e. The lowest BCUT2D eigenvalue weighted by molar-refractivity contribution is 0.0516. The van der Waals surface area contributed by atoms with E-state index in [0.717, 1.165) is 11.3 Å². The highest BCUT2D eigenvalue weighted by molar-refractivity contribution is 6.32. The van der Waals surface area contributed by atoms with E-state index >= 15 is 0 Å². The van der Waals surface area contributed by atoms with Gasteiger partial charge in [-0.15, -0.1) is 0 Å². The number of rotatable bonds is 6. The molecule has 1 heterocycles. The summed E-state index contributed by atoms with van der Waals surface area (Å²) in [4.78, 5) is 15.9. The van der Waals surface area contributed by atoms with Crippen LogP contribution in [0, 0.1) is 18.8 Å². The van der Waals surface area contributed by atoms with Gasteiger partial charge >= 0.3 is 6.09 Å². The predicted octanol–water partition coefficient (Wildman–Crippen LogP) is 4.25. The van der Waals surface area contributed by atoms with Crippen molar-refractivity contribution >= 4 is 23.4 Å². The molecule has 1 atom stereocenters. The second-order valence-corrected chi connectivity index (χ2v) is 7.42. The van der Waals surface area contributed by atoms with Crippen LogP contribution in [0.2, 0.25) is 5.15 Å². The van der Waals surface area contributed by atoms with Crippen LogP contribution < -0.4 is 10.6 Å². The van der Waals surface area contributed by atoms with Crippen molar-refractivity contribution in [2.45, 2.75) is 47.1 Å². The number of hydrogen-bond donors (Lipinski definition) is 2. The molecule has 1 amide bonds. The van der Waals surface area contributed by atoms with Gasteiger partial charge in [0.25, 0.3) is 0 Å². The number of pyridine rings is 1. The monoisotopic (exact) mass is 341 g/mol. The van der Waals surface area contributed by atoms with E-state index in [1.54, 1.807) is 6.20 Å². The van der Waals surface area contributed by atoms with Gasteiger partial charge in [0.15, 0.2) is 5.15 Å². The fraction of sp³-hybridized carbons (Fsp3) is 0.647. The van der Waals surface area contributed by atoms with Crippen molar-refractivity contribution in [1.82, 2.24) is 10.3 Å². The summed E-state index contributed by atoms with van der Waals surface area (Å²) in [5.41, 5.74) is 1.40. The van der Waals surface area contributed by atoms with Gasteiger partial charge in [0, 0.05) is 19.3 Å². The Kier molecular flexibility index (Phi) is 7.13. The first-order valence-electron chi connectivity index (χ1n) is 7.92. The number of hydrogen-bond acceptors (Lipinski definition) is 4. The third-order valence-corrected chi connectivity index (χ3v) is 3.79. The molecule has 0 saturated heterocycles. The van der Waals surface area contributed by atoms with Crippen LogP contribution in [0.1, 0.15) is 40.2 Å². The highest BCUT2D eigenvalue weighted by atomic mass is 35.5. The number of aryl methyl sites for hydroxylation is 1. The van der Waals surface area contributed by atoms with Crippen molar-refractivity contribution in [1.29, 1.82) is 0 Å². The topological polar surface area (TPSA) is 63.2 Å². The van der Waals surface area contributed by atoms with Crippen molar-refractivity contribution in [3.05, 3.63) is 23.0 Å². The third kappa shape index (κ3) is 7.08. The van der Waals surface area contributed by atoms with E-state index in [9.17, 15) is 4.79 Å². The van der Waals surface area contributed by atoms with Gasteiger partial charge < -0.3 is 15.4 Å². The molecule has 0 saturated carbocycles. The van der Waals surface area contributed by atoms with Crippen molar-refractivity contribution < 1.29 is 9.53 Å². The number of carbonyl (C=O) groups excluding carboxylic acids is 1. The van der Waals surface area contributed by atoms with Gasteiger partial charge in [-0.3, -0.25) is 0 Å². The molecule has 1 aromatic rings. The first-order chi connectivity index (χ1) is 10.6. The number of nitrogens with zero attached hydrogens (tertiary/aromatic N) is 1. The molecule has 0 radical (unpaired) electrons. The second kappa shape index (κ2) is 8.39. The van der Waals surface area contributed by atoms with Gasteiger partial charge in [-0.05, 0) is 51.2 Å². The third-order valence-electron chi connectivity index (χ3n) is 3.50. The molecule has 1 aromatic heterocycles. The molecule has 130 valence electrons. The standard InChI is InChI=1S/C17H28ClN3O2/c1-11(2)13(10-21-16(22)23-17(4,5)6)9-20-14-12(3)7-8-19-15(14)18/h7-8,11,13,20H,9-10H2,1-6H3,(H,21,22). The van der Waals surface area contributed by atoms with E-state index < -0.39 is 11.7 Å². The van der Waals surface area contributed by atoms with E-state index in [1.807, 2.05) is 33.8 Å². The van der Waals surface area contributed by atoms with Crippen molar-refractivity contribution in [2.75, 3.05) is 18.4 Å². The van der Waals surface area contributed by atoms with Crippen LogP contribution in [-0.2, 0) is 4.74 Å². The summed E-state index contributed by atoms with van der Waals surface area (Å²) in [6.07, 6.45) is 1.30. The van der Waals surface area contributed by atoms with Crippen LogP contribution in [-0.4, -0.2) is 29.8 Å². The van der Waals surface area contributed by atoms with Gasteiger partial charge in [-0.2, -0.15) is 0 Å². The fourth-order valence-corrected chi connectivity index (χ4v) is 2.31. The van der Waals surface area contributed by atoms with Gasteiger partial charge in [-0.25, -0.2) is 9.78 Å². The average Bonchev–Trinajstić information content (AvgIpc) is 2.38. The number of ether oxygens (including phenoxy) is 1. The average molecular weight is 342 g/mol. The Morgan fingerprint density at radius 2 is 2.00 bits per heavy atom. The predicted molar refractivity (Wildman–Crippen MR) is 95.0 cm³/mol. The molecule has 0 aliphatic carbocycles. The maximum absolute atomic E-state index is 11.8. The summed E-state index contributed by atoms with van der Waals surface area (Å²) in [5.74, 6) is 0.645. The van der Waals surface area contributed by atoms with Crippen LogP contribution in [0.15, 0.2) is 12.3 Å². The van der Waals surface area contributed by atoms with Crippen molar-refractivity contribution in [3.8, 4) is 0 Å².